The Kier molecular flexibility index (Phi) is 7.64. The fraction of sp³-hybridized carbons (Fsp3) is 0.667. The van der Waals surface area contributed by atoms with E-state index in [0.29, 0.717) is 12.5 Å². The van der Waals surface area contributed by atoms with E-state index in [1.807, 2.05) is 13.0 Å². The fourth-order valence-corrected chi connectivity index (χ4v) is 5.64. The van der Waals surface area contributed by atoms with Crippen molar-refractivity contribution in [2.45, 2.75) is 77.0 Å². The van der Waals surface area contributed by atoms with Crippen LogP contribution >= 0.6 is 11.6 Å². The lowest BCUT2D eigenvalue weighted by molar-refractivity contribution is 0.157. The molecule has 3 rings (SSSR count). The van der Waals surface area contributed by atoms with E-state index < -0.39 is 5.82 Å². The predicted octanol–water partition coefficient (Wildman–Crippen LogP) is 7.92. The van der Waals surface area contributed by atoms with Gasteiger partial charge in [-0.1, -0.05) is 36.6 Å². The summed E-state index contributed by atoms with van der Waals surface area (Å²) in [7, 11) is 0. The molecule has 0 radical (unpaired) electrons. The third kappa shape index (κ3) is 5.08. The highest BCUT2D eigenvalue weighted by molar-refractivity contribution is 6.31. The van der Waals surface area contributed by atoms with Crippen molar-refractivity contribution >= 4 is 11.6 Å². The molecule has 0 aromatic heterocycles. The van der Waals surface area contributed by atoms with Crippen LogP contribution in [0.2, 0.25) is 5.02 Å². The van der Waals surface area contributed by atoms with E-state index in [4.69, 9.17) is 16.3 Å². The van der Waals surface area contributed by atoms with Crippen molar-refractivity contribution in [3.05, 3.63) is 41.2 Å². The lowest BCUT2D eigenvalue weighted by Gasteiger charge is -2.38. The molecule has 0 atom stereocenters. The molecule has 2 aliphatic rings. The van der Waals surface area contributed by atoms with Gasteiger partial charge in [0.1, 0.15) is 0 Å². The van der Waals surface area contributed by atoms with Crippen LogP contribution in [0.5, 0.6) is 5.75 Å². The van der Waals surface area contributed by atoms with Gasteiger partial charge in [-0.2, -0.15) is 0 Å². The summed E-state index contributed by atoms with van der Waals surface area (Å²) >= 11 is 6.35. The maximum atomic E-state index is 14.4. The van der Waals surface area contributed by atoms with Crippen LogP contribution in [0.25, 0.3) is 0 Å². The predicted molar refractivity (Wildman–Crippen MR) is 112 cm³/mol. The topological polar surface area (TPSA) is 9.23 Å². The van der Waals surface area contributed by atoms with Crippen LogP contribution in [0.3, 0.4) is 0 Å². The number of hydrogen-bond donors (Lipinski definition) is 0. The first-order valence-corrected chi connectivity index (χ1v) is 11.2. The van der Waals surface area contributed by atoms with Gasteiger partial charge in [0.25, 0.3) is 0 Å². The second-order valence-electron chi connectivity index (χ2n) is 8.47. The molecule has 1 nitrogen and oxygen atoms in total. The van der Waals surface area contributed by atoms with Crippen molar-refractivity contribution < 1.29 is 9.13 Å². The van der Waals surface area contributed by atoms with E-state index in [-0.39, 0.29) is 10.8 Å². The number of hydrogen-bond acceptors (Lipinski definition) is 1. The Morgan fingerprint density at radius 1 is 1.07 bits per heavy atom. The summed E-state index contributed by atoms with van der Waals surface area (Å²) < 4.78 is 19.8. The summed E-state index contributed by atoms with van der Waals surface area (Å²) in [6.07, 6.45) is 14.9. The summed E-state index contributed by atoms with van der Waals surface area (Å²) in [5.41, 5.74) is 0.976. The van der Waals surface area contributed by atoms with Gasteiger partial charge in [-0.25, -0.2) is 4.39 Å². The van der Waals surface area contributed by atoms with Gasteiger partial charge in [0.05, 0.1) is 11.6 Å². The Morgan fingerprint density at radius 3 is 2.30 bits per heavy atom. The molecule has 0 amide bonds. The van der Waals surface area contributed by atoms with E-state index >= 15 is 0 Å². The summed E-state index contributed by atoms with van der Waals surface area (Å²) in [5, 5.41) is 0.270. The van der Waals surface area contributed by atoms with Crippen LogP contribution in [0, 0.1) is 23.6 Å². The zero-order chi connectivity index (χ0) is 19.2. The summed E-state index contributed by atoms with van der Waals surface area (Å²) in [6.45, 7) is 6.16. The minimum Gasteiger partial charge on any atom is -0.491 e. The molecular weight excluding hydrogens is 359 g/mol. The maximum Gasteiger partial charge on any atom is 0.183 e. The van der Waals surface area contributed by atoms with Crippen LogP contribution in [-0.4, -0.2) is 6.61 Å². The quantitative estimate of drug-likeness (QED) is 0.428. The van der Waals surface area contributed by atoms with E-state index in [1.165, 1.54) is 51.4 Å². The van der Waals surface area contributed by atoms with Crippen molar-refractivity contribution in [3.8, 4) is 5.75 Å². The second kappa shape index (κ2) is 9.96. The highest BCUT2D eigenvalue weighted by Crippen LogP contribution is 2.46. The largest absolute Gasteiger partial charge is 0.491 e. The molecule has 0 N–H and O–H groups in total. The molecule has 2 fully saturated rings. The molecule has 0 unspecified atom stereocenters. The van der Waals surface area contributed by atoms with Gasteiger partial charge in [-0.15, -0.1) is 6.58 Å². The molecule has 0 heterocycles. The van der Waals surface area contributed by atoms with Crippen LogP contribution in [0.15, 0.2) is 24.8 Å². The van der Waals surface area contributed by atoms with E-state index in [1.54, 1.807) is 6.07 Å². The highest BCUT2D eigenvalue weighted by atomic mass is 35.5. The molecule has 1 aromatic rings. The van der Waals surface area contributed by atoms with Crippen molar-refractivity contribution in [3.63, 3.8) is 0 Å². The molecule has 2 aliphatic carbocycles. The Labute approximate surface area is 169 Å². The van der Waals surface area contributed by atoms with Gasteiger partial charge in [0.15, 0.2) is 11.6 Å². The molecule has 0 saturated heterocycles. The van der Waals surface area contributed by atoms with Gasteiger partial charge < -0.3 is 4.74 Å². The third-order valence-electron chi connectivity index (χ3n) is 6.93. The molecule has 0 aliphatic heterocycles. The maximum absolute atomic E-state index is 14.4. The van der Waals surface area contributed by atoms with Gasteiger partial charge in [0.2, 0.25) is 0 Å². The number of allylic oxidation sites excluding steroid dienone is 1. The third-order valence-corrected chi connectivity index (χ3v) is 7.31. The van der Waals surface area contributed by atoms with Crippen LogP contribution < -0.4 is 4.74 Å². The summed E-state index contributed by atoms with van der Waals surface area (Å²) in [4.78, 5) is 0. The monoisotopic (exact) mass is 392 g/mol. The first-order chi connectivity index (χ1) is 13.1. The summed E-state index contributed by atoms with van der Waals surface area (Å²) in [6, 6.07) is 3.73. The minimum atomic E-state index is -0.393. The Hall–Kier alpha value is -1.02. The summed E-state index contributed by atoms with van der Waals surface area (Å²) in [5.74, 6) is 2.94. The number of benzene rings is 1. The van der Waals surface area contributed by atoms with Gasteiger partial charge >= 0.3 is 0 Å². The smallest absolute Gasteiger partial charge is 0.183 e. The van der Waals surface area contributed by atoms with Crippen LogP contribution in [-0.2, 0) is 0 Å². The minimum absolute atomic E-state index is 0.270. The SMILES string of the molecule is C=CCCC1CCC(C2CCC(c3ccc(OCC)c(F)c3Cl)CC2)CC1. The molecule has 0 bridgehead atoms. The lowest BCUT2D eigenvalue weighted by atomic mass is 9.68. The molecule has 2 saturated carbocycles. The Bertz CT molecular complexity index is 613. The van der Waals surface area contributed by atoms with Crippen molar-refractivity contribution in [1.82, 2.24) is 0 Å². The highest BCUT2D eigenvalue weighted by Gasteiger charge is 2.32. The van der Waals surface area contributed by atoms with Crippen molar-refractivity contribution in [1.29, 1.82) is 0 Å². The van der Waals surface area contributed by atoms with E-state index in [0.717, 1.165) is 36.2 Å². The average Bonchev–Trinajstić information content (AvgIpc) is 2.71. The molecule has 3 heteroatoms. The van der Waals surface area contributed by atoms with Gasteiger partial charge in [0, 0.05) is 0 Å². The van der Waals surface area contributed by atoms with Crippen molar-refractivity contribution in [2.24, 2.45) is 17.8 Å². The normalized spacial score (nSPS) is 28.7. The Balaban J connectivity index is 1.52. The van der Waals surface area contributed by atoms with Gasteiger partial charge in [-0.05, 0) is 93.6 Å². The first-order valence-electron chi connectivity index (χ1n) is 10.9. The van der Waals surface area contributed by atoms with Crippen LogP contribution in [0.4, 0.5) is 4.39 Å². The number of rotatable bonds is 7. The zero-order valence-electron chi connectivity index (χ0n) is 16.7. The number of ether oxygens (including phenoxy) is 1. The lowest BCUT2D eigenvalue weighted by Crippen LogP contribution is -2.25. The standard InChI is InChI=1S/C24H34ClFO/c1-3-5-6-17-7-9-18(10-8-17)19-11-13-20(14-12-19)21-15-16-22(27-4-2)24(26)23(21)25/h3,15-20H,1,4-14H2,2H3. The first kappa shape index (κ1) is 20.7. The van der Waals surface area contributed by atoms with E-state index in [9.17, 15) is 4.39 Å². The number of halogens is 2. The molecule has 0 spiro atoms. The average molecular weight is 393 g/mol. The fourth-order valence-electron chi connectivity index (χ4n) is 5.33. The zero-order valence-corrected chi connectivity index (χ0v) is 17.4. The van der Waals surface area contributed by atoms with E-state index in [2.05, 4.69) is 12.7 Å². The molecule has 27 heavy (non-hydrogen) atoms. The second-order valence-corrected chi connectivity index (χ2v) is 8.85. The molecular formula is C24H34ClFO. The van der Waals surface area contributed by atoms with Gasteiger partial charge in [-0.3, -0.25) is 0 Å². The van der Waals surface area contributed by atoms with Crippen molar-refractivity contribution in [2.75, 3.05) is 6.61 Å². The Morgan fingerprint density at radius 2 is 1.70 bits per heavy atom. The molecule has 150 valence electrons. The molecule has 1 aromatic carbocycles. The van der Waals surface area contributed by atoms with Crippen LogP contribution in [0.1, 0.15) is 82.6 Å².